The van der Waals surface area contributed by atoms with Gasteiger partial charge in [0.1, 0.15) is 11.3 Å². The summed E-state index contributed by atoms with van der Waals surface area (Å²) in [6.07, 6.45) is 1.54. The Morgan fingerprint density at radius 3 is 2.32 bits per heavy atom. The van der Waals surface area contributed by atoms with Crippen LogP contribution in [0.25, 0.3) is 10.9 Å². The summed E-state index contributed by atoms with van der Waals surface area (Å²) in [5, 5.41) is 4.41. The van der Waals surface area contributed by atoms with Crippen molar-refractivity contribution in [3.8, 4) is 5.75 Å². The number of para-hydroxylation sites is 1. The van der Waals surface area contributed by atoms with Crippen molar-refractivity contribution in [2.45, 2.75) is 58.0 Å². The van der Waals surface area contributed by atoms with Crippen molar-refractivity contribution < 1.29 is 14.3 Å². The van der Waals surface area contributed by atoms with Gasteiger partial charge >= 0.3 is 0 Å². The number of hydrogen-bond donors (Lipinski definition) is 2. The number of ether oxygens (including phenoxy) is 1. The van der Waals surface area contributed by atoms with Crippen molar-refractivity contribution in [3.05, 3.63) is 95.7 Å². The van der Waals surface area contributed by atoms with Crippen LogP contribution < -0.4 is 10.1 Å². The molecule has 0 spiro atoms. The fourth-order valence-electron chi connectivity index (χ4n) is 7.47. The molecular weight excluding hydrogens is 548 g/mol. The number of hydrogen-bond acceptors (Lipinski definition) is 4. The van der Waals surface area contributed by atoms with Gasteiger partial charge in [-0.15, -0.1) is 0 Å². The summed E-state index contributed by atoms with van der Waals surface area (Å²) in [7, 11) is 3.70. The zero-order chi connectivity index (χ0) is 31.1. The van der Waals surface area contributed by atoms with Crippen LogP contribution >= 0.6 is 0 Å². The molecule has 230 valence electrons. The monoisotopic (exact) mass is 592 g/mol. The van der Waals surface area contributed by atoms with E-state index in [4.69, 9.17) is 4.74 Å². The molecule has 3 aromatic carbocycles. The van der Waals surface area contributed by atoms with Crippen LogP contribution in [-0.2, 0) is 16.1 Å². The standard InChI is InChI=1S/C37H44N4O3/c1-25-33(29-13-9-10-14-31(29)38-25)34-30(36(34,2)3)23-32(42)41(24-26-11-7-6-8-12-26)37(19-21-40(4)22-20-37)35(43)39-27-15-17-28(44-5)18-16-27/h6-18,30,34,38H,19-24H2,1-5H3,(H,39,43)/t30-,34-/m0/s1. The lowest BCUT2D eigenvalue weighted by molar-refractivity contribution is -0.150. The molecule has 1 aliphatic heterocycles. The van der Waals surface area contributed by atoms with Gasteiger partial charge < -0.3 is 24.8 Å². The summed E-state index contributed by atoms with van der Waals surface area (Å²) in [5.74, 6) is 1.09. The molecule has 1 aliphatic carbocycles. The summed E-state index contributed by atoms with van der Waals surface area (Å²) >= 11 is 0. The zero-order valence-corrected chi connectivity index (χ0v) is 26.5. The van der Waals surface area contributed by atoms with E-state index in [-0.39, 0.29) is 29.1 Å². The number of aromatic nitrogens is 1. The first-order valence-corrected chi connectivity index (χ1v) is 15.7. The van der Waals surface area contributed by atoms with Gasteiger partial charge in [-0.3, -0.25) is 9.59 Å². The van der Waals surface area contributed by atoms with Crippen LogP contribution in [0.5, 0.6) is 5.75 Å². The Hall–Kier alpha value is -4.10. The number of piperidine rings is 1. The fraction of sp³-hybridized carbons (Fsp3) is 0.405. The van der Waals surface area contributed by atoms with Crippen LogP contribution in [0.15, 0.2) is 78.9 Å². The second kappa shape index (κ2) is 11.8. The van der Waals surface area contributed by atoms with Gasteiger partial charge in [-0.2, -0.15) is 0 Å². The third-order valence-corrected chi connectivity index (χ3v) is 10.3. The largest absolute Gasteiger partial charge is 0.497 e. The molecule has 7 nitrogen and oxygen atoms in total. The van der Waals surface area contributed by atoms with E-state index in [2.05, 4.69) is 67.3 Å². The Morgan fingerprint density at radius 2 is 1.64 bits per heavy atom. The molecule has 0 radical (unpaired) electrons. The van der Waals surface area contributed by atoms with Crippen molar-refractivity contribution in [3.63, 3.8) is 0 Å². The Labute approximate surface area is 260 Å². The SMILES string of the molecule is COc1ccc(NC(=O)C2(N(Cc3ccccc3)C(=O)C[C@H]3[C@@H](c4c(C)[nH]c5ccccc45)C3(C)C)CCN(C)CC2)cc1. The second-order valence-electron chi connectivity index (χ2n) is 13.3. The molecule has 44 heavy (non-hydrogen) atoms. The Balaban J connectivity index is 1.33. The Bertz CT molecular complexity index is 1630. The van der Waals surface area contributed by atoms with Crippen molar-refractivity contribution in [2.75, 3.05) is 32.6 Å². The number of nitrogens with zero attached hydrogens (tertiary/aromatic N) is 2. The molecule has 2 heterocycles. The molecule has 6 rings (SSSR count). The van der Waals surface area contributed by atoms with Gasteiger partial charge in [0.2, 0.25) is 11.8 Å². The molecule has 2 N–H and O–H groups in total. The third-order valence-electron chi connectivity index (χ3n) is 10.3. The quantitative estimate of drug-likeness (QED) is 0.226. The van der Waals surface area contributed by atoms with Gasteiger partial charge in [0.05, 0.1) is 7.11 Å². The average molecular weight is 593 g/mol. The maximum atomic E-state index is 14.7. The topological polar surface area (TPSA) is 77.7 Å². The lowest BCUT2D eigenvalue weighted by Crippen LogP contribution is -2.62. The van der Waals surface area contributed by atoms with E-state index in [1.165, 1.54) is 16.6 Å². The van der Waals surface area contributed by atoms with E-state index in [1.807, 2.05) is 59.5 Å². The number of rotatable bonds is 9. The molecule has 4 aromatic rings. The van der Waals surface area contributed by atoms with E-state index < -0.39 is 5.54 Å². The summed E-state index contributed by atoms with van der Waals surface area (Å²) in [6.45, 7) is 8.56. The lowest BCUT2D eigenvalue weighted by atomic mass is 9.83. The number of anilines is 1. The highest BCUT2D eigenvalue weighted by atomic mass is 16.5. The van der Waals surface area contributed by atoms with E-state index >= 15 is 0 Å². The summed E-state index contributed by atoms with van der Waals surface area (Å²) in [6, 6.07) is 25.9. The van der Waals surface area contributed by atoms with Crippen molar-refractivity contribution in [1.82, 2.24) is 14.8 Å². The number of benzene rings is 3. The number of likely N-dealkylation sites (tertiary alicyclic amines) is 1. The molecule has 1 aromatic heterocycles. The number of carbonyl (C=O) groups is 2. The maximum Gasteiger partial charge on any atom is 0.250 e. The highest BCUT2D eigenvalue weighted by Crippen LogP contribution is 2.67. The molecular formula is C37H44N4O3. The lowest BCUT2D eigenvalue weighted by Gasteiger charge is -2.47. The van der Waals surface area contributed by atoms with E-state index in [1.54, 1.807) is 7.11 Å². The Morgan fingerprint density at radius 1 is 0.977 bits per heavy atom. The van der Waals surface area contributed by atoms with Crippen LogP contribution in [0, 0.1) is 18.3 Å². The van der Waals surface area contributed by atoms with Crippen molar-refractivity contribution in [1.29, 1.82) is 0 Å². The van der Waals surface area contributed by atoms with Crippen LogP contribution in [0.1, 0.15) is 55.8 Å². The number of fused-ring (bicyclic) bond motifs is 1. The van der Waals surface area contributed by atoms with Crippen molar-refractivity contribution >= 4 is 28.4 Å². The second-order valence-corrected chi connectivity index (χ2v) is 13.3. The minimum absolute atomic E-state index is 0.0326. The molecule has 2 amide bonds. The van der Waals surface area contributed by atoms with Gasteiger partial charge in [0, 0.05) is 48.3 Å². The maximum absolute atomic E-state index is 14.7. The minimum atomic E-state index is -0.968. The number of carbonyl (C=O) groups excluding carboxylic acids is 2. The third kappa shape index (κ3) is 5.50. The Kier molecular flexibility index (Phi) is 8.01. The van der Waals surface area contributed by atoms with Gasteiger partial charge in [-0.05, 0) is 85.5 Å². The van der Waals surface area contributed by atoms with Crippen molar-refractivity contribution in [2.24, 2.45) is 11.3 Å². The molecule has 7 heteroatoms. The van der Waals surface area contributed by atoms with Crippen LogP contribution in [0.3, 0.4) is 0 Å². The van der Waals surface area contributed by atoms with Gasteiger partial charge in [-0.25, -0.2) is 0 Å². The molecule has 1 saturated heterocycles. The predicted octanol–water partition coefficient (Wildman–Crippen LogP) is 6.75. The number of aryl methyl sites for hydroxylation is 1. The summed E-state index contributed by atoms with van der Waals surface area (Å²) < 4.78 is 5.31. The fourth-order valence-corrected chi connectivity index (χ4v) is 7.47. The first-order valence-electron chi connectivity index (χ1n) is 15.7. The number of nitrogens with one attached hydrogen (secondary N) is 2. The van der Waals surface area contributed by atoms with Crippen LogP contribution in [-0.4, -0.2) is 59.4 Å². The summed E-state index contributed by atoms with van der Waals surface area (Å²) in [4.78, 5) is 36.8. The normalized spacial score (nSPS) is 20.7. The van der Waals surface area contributed by atoms with Gasteiger partial charge in [0.15, 0.2) is 0 Å². The van der Waals surface area contributed by atoms with Gasteiger partial charge in [0.25, 0.3) is 0 Å². The van der Waals surface area contributed by atoms with E-state index in [9.17, 15) is 9.59 Å². The smallest absolute Gasteiger partial charge is 0.250 e. The average Bonchev–Trinajstić information content (AvgIpc) is 3.37. The van der Waals surface area contributed by atoms with Crippen LogP contribution in [0.4, 0.5) is 5.69 Å². The van der Waals surface area contributed by atoms with E-state index in [0.717, 1.165) is 29.9 Å². The molecule has 0 bridgehead atoms. The first kappa shape index (κ1) is 29.9. The minimum Gasteiger partial charge on any atom is -0.497 e. The number of aromatic amines is 1. The number of H-pyrrole nitrogens is 1. The molecule has 0 unspecified atom stereocenters. The number of methoxy groups -OCH3 is 1. The molecule has 1 saturated carbocycles. The molecule has 2 fully saturated rings. The number of amides is 2. The molecule has 2 atom stereocenters. The highest BCUT2D eigenvalue weighted by molar-refractivity contribution is 6.01. The predicted molar refractivity (Wildman–Crippen MR) is 176 cm³/mol. The van der Waals surface area contributed by atoms with E-state index in [0.29, 0.717) is 31.5 Å². The van der Waals surface area contributed by atoms with Gasteiger partial charge in [-0.1, -0.05) is 62.4 Å². The zero-order valence-electron chi connectivity index (χ0n) is 26.5. The molecule has 2 aliphatic rings. The first-order chi connectivity index (χ1) is 21.1. The highest BCUT2D eigenvalue weighted by Gasteiger charge is 2.60. The van der Waals surface area contributed by atoms with Crippen LogP contribution in [0.2, 0.25) is 0 Å². The summed E-state index contributed by atoms with van der Waals surface area (Å²) in [5.41, 5.74) is 4.35.